The lowest BCUT2D eigenvalue weighted by molar-refractivity contribution is -0.127. The number of Topliss-reactive ketones (excluding diaryl/α,β-unsaturated/α-hetero) is 1. The van der Waals surface area contributed by atoms with Crippen molar-refractivity contribution in [2.45, 2.75) is 51.9 Å². The van der Waals surface area contributed by atoms with E-state index in [0.717, 1.165) is 42.6 Å². The molecule has 0 N–H and O–H groups in total. The van der Waals surface area contributed by atoms with Crippen LogP contribution in [0.1, 0.15) is 62.1 Å². The SMILES string of the molecule is CCOc1ccc2c(c1)CC[C@@H]1[C@@H]2CC[C@]2(C)C(=O)/C(=C/c3cnn(C)c3)C[C@@H]12. The molecule has 2 saturated carbocycles. The minimum absolute atomic E-state index is 0.196. The summed E-state index contributed by atoms with van der Waals surface area (Å²) in [4.78, 5) is 13.4. The lowest BCUT2D eigenvalue weighted by Gasteiger charge is -2.48. The molecule has 0 radical (unpaired) electrons. The van der Waals surface area contributed by atoms with E-state index in [1.807, 2.05) is 26.4 Å². The van der Waals surface area contributed by atoms with Crippen LogP contribution in [0.25, 0.3) is 6.08 Å². The average Bonchev–Trinajstić information content (AvgIpc) is 3.23. The molecule has 0 unspecified atom stereocenters. The lowest BCUT2D eigenvalue weighted by atomic mass is 9.55. The number of ether oxygens (including phenoxy) is 1. The van der Waals surface area contributed by atoms with Crippen LogP contribution >= 0.6 is 0 Å². The van der Waals surface area contributed by atoms with Gasteiger partial charge in [0.25, 0.3) is 0 Å². The van der Waals surface area contributed by atoms with Gasteiger partial charge in [0, 0.05) is 24.2 Å². The molecule has 1 aromatic carbocycles. The number of ketones is 1. The Balaban J connectivity index is 1.45. The van der Waals surface area contributed by atoms with Crippen molar-refractivity contribution in [3.05, 3.63) is 52.9 Å². The number of rotatable bonds is 3. The summed E-state index contributed by atoms with van der Waals surface area (Å²) in [5.74, 6) is 3.00. The van der Waals surface area contributed by atoms with Crippen LogP contribution in [0.4, 0.5) is 0 Å². The van der Waals surface area contributed by atoms with Crippen molar-refractivity contribution in [3.8, 4) is 5.75 Å². The van der Waals surface area contributed by atoms with E-state index in [1.165, 1.54) is 17.5 Å². The smallest absolute Gasteiger partial charge is 0.165 e. The molecule has 0 aliphatic heterocycles. The van der Waals surface area contributed by atoms with Crippen molar-refractivity contribution in [3.63, 3.8) is 0 Å². The van der Waals surface area contributed by atoms with Crippen molar-refractivity contribution in [2.75, 3.05) is 6.61 Å². The summed E-state index contributed by atoms with van der Waals surface area (Å²) in [5.41, 5.74) is 4.80. The zero-order valence-corrected chi connectivity index (χ0v) is 17.6. The number of hydrogen-bond acceptors (Lipinski definition) is 3. The molecular weight excluding hydrogens is 360 g/mol. The van der Waals surface area contributed by atoms with E-state index in [4.69, 9.17) is 4.74 Å². The van der Waals surface area contributed by atoms with E-state index in [9.17, 15) is 4.79 Å². The number of fused-ring (bicyclic) bond motifs is 5. The Labute approximate surface area is 173 Å². The molecule has 0 amide bonds. The number of aryl methyl sites for hydroxylation is 2. The van der Waals surface area contributed by atoms with Crippen molar-refractivity contribution in [1.82, 2.24) is 9.78 Å². The summed E-state index contributed by atoms with van der Waals surface area (Å²) in [6, 6.07) is 6.67. The van der Waals surface area contributed by atoms with Crippen LogP contribution in [0.5, 0.6) is 5.75 Å². The molecule has 0 bridgehead atoms. The molecule has 3 aliphatic carbocycles. The maximum absolute atomic E-state index is 13.4. The minimum Gasteiger partial charge on any atom is -0.494 e. The van der Waals surface area contributed by atoms with Crippen LogP contribution in [0, 0.1) is 17.3 Å². The Morgan fingerprint density at radius 3 is 2.97 bits per heavy atom. The third-order valence-corrected chi connectivity index (χ3v) is 7.71. The van der Waals surface area contributed by atoms with Gasteiger partial charge in [0.1, 0.15) is 5.75 Å². The van der Waals surface area contributed by atoms with Crippen molar-refractivity contribution in [1.29, 1.82) is 0 Å². The maximum atomic E-state index is 13.4. The first-order valence-corrected chi connectivity index (χ1v) is 11.0. The third-order valence-electron chi connectivity index (χ3n) is 7.71. The fourth-order valence-electron chi connectivity index (χ4n) is 6.33. The number of allylic oxidation sites excluding steroid dienone is 1. The Morgan fingerprint density at radius 1 is 1.34 bits per heavy atom. The van der Waals surface area contributed by atoms with Gasteiger partial charge in [-0.25, -0.2) is 0 Å². The number of nitrogens with zero attached hydrogens (tertiary/aromatic N) is 2. The second kappa shape index (κ2) is 6.86. The zero-order valence-electron chi connectivity index (χ0n) is 17.6. The molecule has 4 atom stereocenters. The van der Waals surface area contributed by atoms with Gasteiger partial charge in [-0.2, -0.15) is 5.10 Å². The molecule has 29 heavy (non-hydrogen) atoms. The summed E-state index contributed by atoms with van der Waals surface area (Å²) in [5, 5.41) is 4.25. The molecule has 0 spiro atoms. The molecule has 4 nitrogen and oxygen atoms in total. The summed E-state index contributed by atoms with van der Waals surface area (Å²) in [6.07, 6.45) is 11.2. The summed E-state index contributed by atoms with van der Waals surface area (Å²) < 4.78 is 7.52. The fraction of sp³-hybridized carbons (Fsp3) is 0.520. The molecule has 3 aliphatic rings. The molecule has 1 aromatic heterocycles. The second-order valence-electron chi connectivity index (χ2n) is 9.32. The average molecular weight is 391 g/mol. The number of carbonyl (C=O) groups is 1. The van der Waals surface area contributed by atoms with E-state index in [0.29, 0.717) is 30.1 Å². The highest BCUT2D eigenvalue weighted by atomic mass is 16.5. The van der Waals surface area contributed by atoms with Crippen molar-refractivity contribution < 1.29 is 9.53 Å². The molecule has 0 saturated heterocycles. The van der Waals surface area contributed by atoms with E-state index in [1.54, 1.807) is 4.68 Å². The number of hydrogen-bond donors (Lipinski definition) is 0. The van der Waals surface area contributed by atoms with E-state index in [-0.39, 0.29) is 5.41 Å². The van der Waals surface area contributed by atoms with Gasteiger partial charge in [-0.1, -0.05) is 13.0 Å². The fourth-order valence-corrected chi connectivity index (χ4v) is 6.33. The molecule has 2 fully saturated rings. The first-order chi connectivity index (χ1) is 14.0. The Hall–Kier alpha value is -2.36. The van der Waals surface area contributed by atoms with Gasteiger partial charge in [0.2, 0.25) is 0 Å². The number of carbonyl (C=O) groups excluding carboxylic acids is 1. The predicted molar refractivity (Wildman–Crippen MR) is 114 cm³/mol. The van der Waals surface area contributed by atoms with E-state index < -0.39 is 0 Å². The molecule has 2 aromatic rings. The highest BCUT2D eigenvalue weighted by Gasteiger charge is 2.56. The monoisotopic (exact) mass is 390 g/mol. The van der Waals surface area contributed by atoms with Gasteiger partial charge in [0.05, 0.1) is 12.8 Å². The number of benzene rings is 1. The van der Waals surface area contributed by atoms with Gasteiger partial charge in [-0.05, 0) is 91.7 Å². The van der Waals surface area contributed by atoms with Crippen LogP contribution in [-0.2, 0) is 18.3 Å². The predicted octanol–water partition coefficient (Wildman–Crippen LogP) is 4.94. The Morgan fingerprint density at radius 2 is 2.21 bits per heavy atom. The Bertz CT molecular complexity index is 988. The van der Waals surface area contributed by atoms with Crippen molar-refractivity contribution >= 4 is 11.9 Å². The van der Waals surface area contributed by atoms with Crippen LogP contribution in [0.15, 0.2) is 36.2 Å². The normalized spacial score (nSPS) is 32.0. The topological polar surface area (TPSA) is 44.1 Å². The van der Waals surface area contributed by atoms with Crippen molar-refractivity contribution in [2.24, 2.45) is 24.3 Å². The molecule has 1 heterocycles. The zero-order chi connectivity index (χ0) is 20.2. The van der Waals surface area contributed by atoms with Crippen LogP contribution in [0.2, 0.25) is 0 Å². The van der Waals surface area contributed by atoms with Gasteiger partial charge >= 0.3 is 0 Å². The van der Waals surface area contributed by atoms with E-state index in [2.05, 4.69) is 36.3 Å². The quantitative estimate of drug-likeness (QED) is 0.698. The first-order valence-electron chi connectivity index (χ1n) is 11.0. The van der Waals surface area contributed by atoms with Crippen LogP contribution in [0.3, 0.4) is 0 Å². The molecule has 152 valence electrons. The molecular formula is C25H30N2O2. The van der Waals surface area contributed by atoms with Crippen LogP contribution < -0.4 is 4.74 Å². The maximum Gasteiger partial charge on any atom is 0.165 e. The van der Waals surface area contributed by atoms with Crippen LogP contribution in [-0.4, -0.2) is 22.2 Å². The second-order valence-corrected chi connectivity index (χ2v) is 9.32. The number of aromatic nitrogens is 2. The lowest BCUT2D eigenvalue weighted by Crippen LogP contribution is -2.42. The summed E-state index contributed by atoms with van der Waals surface area (Å²) >= 11 is 0. The van der Waals surface area contributed by atoms with Gasteiger partial charge in [0.15, 0.2) is 5.78 Å². The van der Waals surface area contributed by atoms with Gasteiger partial charge < -0.3 is 4.74 Å². The summed E-state index contributed by atoms with van der Waals surface area (Å²) in [6.45, 7) is 4.97. The molecule has 4 heteroatoms. The highest BCUT2D eigenvalue weighted by Crippen LogP contribution is 2.60. The highest BCUT2D eigenvalue weighted by molar-refractivity contribution is 6.05. The summed E-state index contributed by atoms with van der Waals surface area (Å²) in [7, 11) is 1.92. The van der Waals surface area contributed by atoms with Gasteiger partial charge in [-0.15, -0.1) is 0 Å². The minimum atomic E-state index is -0.196. The van der Waals surface area contributed by atoms with E-state index >= 15 is 0 Å². The Kier molecular flexibility index (Phi) is 4.41. The molecule has 5 rings (SSSR count). The van der Waals surface area contributed by atoms with Gasteiger partial charge in [-0.3, -0.25) is 9.48 Å². The standard InChI is InChI=1S/C25H30N2O2/c1-4-29-19-6-8-20-17(12-19)5-7-22-21(20)9-10-25(2)23(22)13-18(24(25)28)11-16-14-26-27(3)15-16/h6,8,11-12,14-15,21-23H,4-5,7,9-10,13H2,1-3H3/b18-11+/t21-,22-,23+,25+/m1/s1. The largest absolute Gasteiger partial charge is 0.494 e. The third kappa shape index (κ3) is 2.95. The first kappa shape index (κ1) is 18.7.